The highest BCUT2D eigenvalue weighted by Crippen LogP contribution is 2.36. The number of hydrogen-bond acceptors (Lipinski definition) is 6. The maximum atomic E-state index is 9.22. The van der Waals surface area contributed by atoms with Gasteiger partial charge in [0, 0.05) is 56.0 Å². The highest BCUT2D eigenvalue weighted by molar-refractivity contribution is 6.33. The number of anilines is 1. The number of aryl methyl sites for hydroxylation is 1. The van der Waals surface area contributed by atoms with Crippen LogP contribution in [0.25, 0.3) is 0 Å². The van der Waals surface area contributed by atoms with Crippen molar-refractivity contribution in [3.8, 4) is 0 Å². The van der Waals surface area contributed by atoms with Gasteiger partial charge in [-0.15, -0.1) is 0 Å². The van der Waals surface area contributed by atoms with E-state index in [9.17, 15) is 5.11 Å². The molecule has 6 nitrogen and oxygen atoms in total. The summed E-state index contributed by atoms with van der Waals surface area (Å²) in [5.74, 6) is 0.314. The molecule has 0 saturated carbocycles. The number of rotatable bonds is 11. The predicted octanol–water partition coefficient (Wildman–Crippen LogP) is 7.20. The van der Waals surface area contributed by atoms with E-state index in [-0.39, 0.29) is 12.6 Å². The van der Waals surface area contributed by atoms with Gasteiger partial charge in [0.2, 0.25) is 0 Å². The van der Waals surface area contributed by atoms with Crippen molar-refractivity contribution in [1.29, 1.82) is 0 Å². The summed E-state index contributed by atoms with van der Waals surface area (Å²) in [5.41, 5.74) is 5.69. The van der Waals surface area contributed by atoms with E-state index < -0.39 is 0 Å². The molecule has 234 valence electrons. The van der Waals surface area contributed by atoms with E-state index in [1.54, 1.807) is 0 Å². The second-order valence-electron chi connectivity index (χ2n) is 11.5. The molecule has 3 heterocycles. The number of nitrogens with zero attached hydrogens (tertiary/aromatic N) is 3. The Balaban J connectivity index is 0.00000207. The van der Waals surface area contributed by atoms with E-state index in [1.165, 1.54) is 24.8 Å². The minimum absolute atomic E-state index is 0.153. The first-order valence-electron chi connectivity index (χ1n) is 16.1. The quantitative estimate of drug-likeness (QED) is 0.209. The molecule has 1 unspecified atom stereocenters. The summed E-state index contributed by atoms with van der Waals surface area (Å²) in [5, 5.41) is 17.9. The SMILES string of the molecule is CC.C[C@@H](CN1CCN(c2ccc(CCCO)cc2Cl)[C@H](c2ccc(Cl)cc2)C1)c1cccc(CNC2CCCCN2)n1. The summed E-state index contributed by atoms with van der Waals surface area (Å²) in [6.07, 6.45) is 5.68. The zero-order valence-electron chi connectivity index (χ0n) is 26.0. The van der Waals surface area contributed by atoms with Crippen LogP contribution in [-0.2, 0) is 13.0 Å². The Morgan fingerprint density at radius 2 is 1.86 bits per heavy atom. The first-order chi connectivity index (χ1) is 21.0. The van der Waals surface area contributed by atoms with Gasteiger partial charge >= 0.3 is 0 Å². The standard InChI is InChI=1S/C33H43Cl2N5O.C2H6/c1-24(30-8-4-7-28(38-30)21-37-33-9-2-3-16-36-33)22-39-17-18-40(32(23-39)26-11-13-27(34)14-12-26)31-15-10-25(6-5-19-41)20-29(31)35;1-2/h4,7-8,10-15,20,24,32-33,36-37,41H,2-3,5-6,9,16-19,21-23H2,1H3;1-2H3/t24-,32-,33?;/m0./s1. The van der Waals surface area contributed by atoms with Gasteiger partial charge in [-0.1, -0.05) is 68.2 Å². The second-order valence-corrected chi connectivity index (χ2v) is 12.3. The molecule has 3 N–H and O–H groups in total. The molecular formula is C35H49Cl2N5O. The topological polar surface area (TPSA) is 63.7 Å². The van der Waals surface area contributed by atoms with E-state index >= 15 is 0 Å². The zero-order chi connectivity index (χ0) is 30.6. The van der Waals surface area contributed by atoms with Crippen molar-refractivity contribution < 1.29 is 5.11 Å². The highest BCUT2D eigenvalue weighted by atomic mass is 35.5. The van der Waals surface area contributed by atoms with Crippen molar-refractivity contribution in [1.82, 2.24) is 20.5 Å². The molecule has 2 aliphatic rings. The summed E-state index contributed by atoms with van der Waals surface area (Å²) in [7, 11) is 0. The molecule has 43 heavy (non-hydrogen) atoms. The van der Waals surface area contributed by atoms with Gasteiger partial charge in [0.25, 0.3) is 0 Å². The Morgan fingerprint density at radius 3 is 2.58 bits per heavy atom. The lowest BCUT2D eigenvalue weighted by molar-refractivity contribution is 0.213. The number of pyridine rings is 1. The largest absolute Gasteiger partial charge is 0.396 e. The van der Waals surface area contributed by atoms with E-state index in [0.29, 0.717) is 12.1 Å². The van der Waals surface area contributed by atoms with Crippen molar-refractivity contribution in [2.75, 3.05) is 44.2 Å². The van der Waals surface area contributed by atoms with Crippen molar-refractivity contribution >= 4 is 28.9 Å². The average Bonchev–Trinajstić information content (AvgIpc) is 3.05. The lowest BCUT2D eigenvalue weighted by Crippen LogP contribution is -2.49. The molecule has 3 atom stereocenters. The molecule has 0 aliphatic carbocycles. The maximum absolute atomic E-state index is 9.22. The minimum atomic E-state index is 0.153. The Bertz CT molecular complexity index is 1250. The number of hydrogen-bond donors (Lipinski definition) is 3. The number of piperazine rings is 1. The predicted molar refractivity (Wildman–Crippen MR) is 181 cm³/mol. The smallest absolute Gasteiger partial charge is 0.0670 e. The van der Waals surface area contributed by atoms with E-state index in [0.717, 1.165) is 84.8 Å². The molecule has 8 heteroatoms. The fraction of sp³-hybridized carbons (Fsp3) is 0.514. The van der Waals surface area contributed by atoms with Crippen LogP contribution in [-0.4, -0.2) is 60.5 Å². The zero-order valence-corrected chi connectivity index (χ0v) is 27.5. The lowest BCUT2D eigenvalue weighted by atomic mass is 9.99. The molecule has 1 aromatic heterocycles. The van der Waals surface area contributed by atoms with Crippen LogP contribution in [0.3, 0.4) is 0 Å². The first-order valence-corrected chi connectivity index (χ1v) is 16.8. The Morgan fingerprint density at radius 1 is 1.05 bits per heavy atom. The number of aliphatic hydroxyl groups excluding tert-OH is 1. The summed E-state index contributed by atoms with van der Waals surface area (Å²) in [4.78, 5) is 10.0. The number of aromatic nitrogens is 1. The van der Waals surface area contributed by atoms with Crippen LogP contribution >= 0.6 is 23.2 Å². The number of benzene rings is 2. The molecule has 2 saturated heterocycles. The second kappa shape index (κ2) is 17.3. The molecular weight excluding hydrogens is 577 g/mol. The summed E-state index contributed by atoms with van der Waals surface area (Å²) < 4.78 is 0. The Kier molecular flexibility index (Phi) is 13.6. The van der Waals surface area contributed by atoms with Crippen molar-refractivity contribution in [2.24, 2.45) is 0 Å². The number of aliphatic hydroxyl groups is 1. The third-order valence-electron chi connectivity index (χ3n) is 8.37. The third kappa shape index (κ3) is 9.65. The monoisotopic (exact) mass is 625 g/mol. The van der Waals surface area contributed by atoms with Crippen LogP contribution < -0.4 is 15.5 Å². The van der Waals surface area contributed by atoms with Gasteiger partial charge in [0.15, 0.2) is 0 Å². The van der Waals surface area contributed by atoms with Gasteiger partial charge in [-0.2, -0.15) is 0 Å². The van der Waals surface area contributed by atoms with E-state index in [1.807, 2.05) is 26.0 Å². The molecule has 0 amide bonds. The number of piperidine rings is 1. The lowest BCUT2D eigenvalue weighted by Gasteiger charge is -2.44. The van der Waals surface area contributed by atoms with Crippen LogP contribution in [0.5, 0.6) is 0 Å². The molecule has 0 bridgehead atoms. The fourth-order valence-electron chi connectivity index (χ4n) is 6.09. The van der Waals surface area contributed by atoms with E-state index in [4.69, 9.17) is 28.2 Å². The molecule has 3 aromatic rings. The molecule has 2 aliphatic heterocycles. The van der Waals surface area contributed by atoms with Crippen LogP contribution in [0.4, 0.5) is 5.69 Å². The van der Waals surface area contributed by atoms with Gasteiger partial charge in [-0.3, -0.25) is 15.2 Å². The molecule has 2 fully saturated rings. The van der Waals surface area contributed by atoms with E-state index in [2.05, 4.69) is 75.9 Å². The van der Waals surface area contributed by atoms with Gasteiger partial charge in [0.05, 0.1) is 28.6 Å². The Labute approximate surface area is 268 Å². The van der Waals surface area contributed by atoms with Gasteiger partial charge in [-0.25, -0.2) is 0 Å². The number of nitrogens with one attached hydrogen (secondary N) is 2. The normalized spacial score (nSPS) is 19.9. The van der Waals surface area contributed by atoms with Crippen LogP contribution in [0.1, 0.15) is 80.9 Å². The molecule has 0 radical (unpaired) electrons. The Hall–Kier alpha value is -2.19. The van der Waals surface area contributed by atoms with Crippen molar-refractivity contribution in [3.63, 3.8) is 0 Å². The highest BCUT2D eigenvalue weighted by Gasteiger charge is 2.30. The summed E-state index contributed by atoms with van der Waals surface area (Å²) in [6.45, 7) is 12.0. The van der Waals surface area contributed by atoms with Crippen LogP contribution in [0, 0.1) is 0 Å². The van der Waals surface area contributed by atoms with Crippen molar-refractivity contribution in [2.45, 2.75) is 77.5 Å². The van der Waals surface area contributed by atoms with Crippen LogP contribution in [0.2, 0.25) is 10.0 Å². The minimum Gasteiger partial charge on any atom is -0.396 e. The molecule has 5 rings (SSSR count). The molecule has 2 aromatic carbocycles. The maximum Gasteiger partial charge on any atom is 0.0670 e. The number of halogens is 2. The first kappa shape index (κ1) is 33.7. The average molecular weight is 627 g/mol. The van der Waals surface area contributed by atoms with Crippen molar-refractivity contribution in [3.05, 3.63) is 93.2 Å². The third-order valence-corrected chi connectivity index (χ3v) is 8.92. The summed E-state index contributed by atoms with van der Waals surface area (Å²) in [6, 6.07) is 21.1. The van der Waals surface area contributed by atoms with Gasteiger partial charge in [-0.05, 0) is 86.2 Å². The van der Waals surface area contributed by atoms with Gasteiger partial charge in [0.1, 0.15) is 0 Å². The summed E-state index contributed by atoms with van der Waals surface area (Å²) >= 11 is 13.1. The molecule has 0 spiro atoms. The van der Waals surface area contributed by atoms with Crippen LogP contribution in [0.15, 0.2) is 60.7 Å². The fourth-order valence-corrected chi connectivity index (χ4v) is 6.53. The van der Waals surface area contributed by atoms with Gasteiger partial charge < -0.3 is 15.3 Å².